The number of nitrogen functional groups attached to an aromatic ring is 1. The van der Waals surface area contributed by atoms with Crippen LogP contribution in [0.1, 0.15) is 58.9 Å². The summed E-state index contributed by atoms with van der Waals surface area (Å²) in [5.74, 6) is 12.0. The van der Waals surface area contributed by atoms with E-state index < -0.39 is 5.91 Å². The SMILES string of the molecule is CC#CCN1CCCC[C@H]1c1nc(-c2ccc(C(=O)Nc3cc(-c4ccc(F)cc4)ccn3)cc2)c(C(N)=O)n1N. The van der Waals surface area contributed by atoms with Gasteiger partial charge in [-0.3, -0.25) is 14.5 Å². The van der Waals surface area contributed by atoms with Crippen LogP contribution in [0.25, 0.3) is 22.4 Å². The number of imidazole rings is 1. The Labute approximate surface area is 237 Å². The van der Waals surface area contributed by atoms with Crippen molar-refractivity contribution in [2.24, 2.45) is 5.73 Å². The summed E-state index contributed by atoms with van der Waals surface area (Å²) < 4.78 is 14.6. The van der Waals surface area contributed by atoms with Crippen LogP contribution in [-0.2, 0) is 0 Å². The summed E-state index contributed by atoms with van der Waals surface area (Å²) in [5.41, 5.74) is 8.77. The van der Waals surface area contributed by atoms with E-state index in [1.807, 2.05) is 0 Å². The van der Waals surface area contributed by atoms with Crippen LogP contribution >= 0.6 is 0 Å². The number of anilines is 1. The zero-order valence-corrected chi connectivity index (χ0v) is 22.6. The zero-order valence-electron chi connectivity index (χ0n) is 22.6. The van der Waals surface area contributed by atoms with E-state index in [4.69, 9.17) is 16.6 Å². The first-order chi connectivity index (χ1) is 19.9. The molecule has 0 saturated carbocycles. The summed E-state index contributed by atoms with van der Waals surface area (Å²) in [7, 11) is 0. The molecule has 208 valence electrons. The molecule has 9 nitrogen and oxygen atoms in total. The highest BCUT2D eigenvalue weighted by Gasteiger charge is 2.31. The smallest absolute Gasteiger partial charge is 0.269 e. The predicted molar refractivity (Wildman–Crippen MR) is 156 cm³/mol. The molecule has 4 aromatic rings. The quantitative estimate of drug-likeness (QED) is 0.231. The molecule has 1 fully saturated rings. The summed E-state index contributed by atoms with van der Waals surface area (Å²) in [5, 5.41) is 2.79. The molecular weight excluding hydrogens is 521 g/mol. The molecule has 41 heavy (non-hydrogen) atoms. The monoisotopic (exact) mass is 551 g/mol. The first-order valence-corrected chi connectivity index (χ1v) is 13.3. The Morgan fingerprint density at radius 1 is 1.05 bits per heavy atom. The molecule has 1 aliphatic heterocycles. The molecule has 1 aliphatic rings. The van der Waals surface area contributed by atoms with Gasteiger partial charge >= 0.3 is 0 Å². The first-order valence-electron chi connectivity index (χ1n) is 13.3. The van der Waals surface area contributed by atoms with Gasteiger partial charge in [0.25, 0.3) is 11.8 Å². The fraction of sp³-hybridized carbons (Fsp3) is 0.226. The third-order valence-corrected chi connectivity index (χ3v) is 7.14. The maximum atomic E-state index is 13.3. The maximum Gasteiger partial charge on any atom is 0.269 e. The topological polar surface area (TPSA) is 132 Å². The molecule has 5 rings (SSSR count). The number of amides is 2. The zero-order chi connectivity index (χ0) is 28.9. The molecule has 0 spiro atoms. The van der Waals surface area contributed by atoms with Crippen molar-refractivity contribution < 1.29 is 14.0 Å². The van der Waals surface area contributed by atoms with Gasteiger partial charge in [-0.05, 0) is 73.8 Å². The highest BCUT2D eigenvalue weighted by molar-refractivity contribution is 6.04. The number of nitrogens with two attached hydrogens (primary N) is 2. The Morgan fingerprint density at radius 3 is 2.49 bits per heavy atom. The summed E-state index contributed by atoms with van der Waals surface area (Å²) in [6.07, 6.45) is 4.48. The largest absolute Gasteiger partial charge is 0.364 e. The van der Waals surface area contributed by atoms with Gasteiger partial charge < -0.3 is 16.9 Å². The van der Waals surface area contributed by atoms with E-state index >= 15 is 0 Å². The Bertz CT molecular complexity index is 1640. The van der Waals surface area contributed by atoms with E-state index in [0.29, 0.717) is 35.0 Å². The van der Waals surface area contributed by atoms with Crippen LogP contribution in [0.5, 0.6) is 0 Å². The summed E-state index contributed by atoms with van der Waals surface area (Å²) in [6, 6.07) is 16.2. The second-order valence-electron chi connectivity index (χ2n) is 9.78. The highest BCUT2D eigenvalue weighted by atomic mass is 19.1. The van der Waals surface area contributed by atoms with Crippen molar-refractivity contribution in [3.05, 3.63) is 89.8 Å². The lowest BCUT2D eigenvalue weighted by Gasteiger charge is -2.33. The molecule has 5 N–H and O–H groups in total. The first kappa shape index (κ1) is 27.6. The van der Waals surface area contributed by atoms with Crippen LogP contribution in [0.3, 0.4) is 0 Å². The number of rotatable bonds is 7. The van der Waals surface area contributed by atoms with Gasteiger partial charge in [-0.25, -0.2) is 19.0 Å². The van der Waals surface area contributed by atoms with Gasteiger partial charge in [0, 0.05) is 17.3 Å². The number of carbonyl (C=O) groups excluding carboxylic acids is 2. The maximum absolute atomic E-state index is 13.3. The summed E-state index contributed by atoms with van der Waals surface area (Å²) in [6.45, 7) is 3.25. The van der Waals surface area contributed by atoms with Crippen LogP contribution in [0.15, 0.2) is 66.9 Å². The number of nitrogens with zero attached hydrogens (tertiary/aromatic N) is 4. The summed E-state index contributed by atoms with van der Waals surface area (Å²) >= 11 is 0. The number of likely N-dealkylation sites (tertiary alicyclic amines) is 1. The van der Waals surface area contributed by atoms with Crippen molar-refractivity contribution in [2.75, 3.05) is 24.2 Å². The molecule has 0 bridgehead atoms. The Hall–Kier alpha value is -5.01. The van der Waals surface area contributed by atoms with E-state index in [0.717, 1.165) is 36.9 Å². The minimum atomic E-state index is -0.689. The normalized spacial score (nSPS) is 15.1. The van der Waals surface area contributed by atoms with Crippen LogP contribution in [0, 0.1) is 17.7 Å². The fourth-order valence-electron chi connectivity index (χ4n) is 5.06. The number of hydrogen-bond acceptors (Lipinski definition) is 6. The second kappa shape index (κ2) is 12.0. The van der Waals surface area contributed by atoms with Crippen LogP contribution in [-0.4, -0.2) is 44.4 Å². The molecule has 3 heterocycles. The van der Waals surface area contributed by atoms with Gasteiger partial charge in [0.05, 0.1) is 12.6 Å². The lowest BCUT2D eigenvalue weighted by molar-refractivity contribution is 0.0990. The Morgan fingerprint density at radius 2 is 1.78 bits per heavy atom. The number of primary amides is 1. The van der Waals surface area contributed by atoms with Crippen LogP contribution in [0.4, 0.5) is 10.2 Å². The third-order valence-electron chi connectivity index (χ3n) is 7.14. The van der Waals surface area contributed by atoms with Crippen molar-refractivity contribution in [1.29, 1.82) is 0 Å². The van der Waals surface area contributed by atoms with Gasteiger partial charge in [0.15, 0.2) is 5.69 Å². The van der Waals surface area contributed by atoms with E-state index in [2.05, 4.69) is 27.0 Å². The van der Waals surface area contributed by atoms with Crippen molar-refractivity contribution >= 4 is 17.6 Å². The molecule has 1 atom stereocenters. The van der Waals surface area contributed by atoms with Gasteiger partial charge in [-0.15, -0.1) is 5.92 Å². The van der Waals surface area contributed by atoms with Crippen molar-refractivity contribution in [2.45, 2.75) is 32.2 Å². The minimum Gasteiger partial charge on any atom is -0.364 e. The summed E-state index contributed by atoms with van der Waals surface area (Å²) in [4.78, 5) is 36.7. The molecule has 2 amide bonds. The molecule has 2 aromatic heterocycles. The van der Waals surface area contributed by atoms with E-state index in [-0.39, 0.29) is 23.5 Å². The molecule has 10 heteroatoms. The third kappa shape index (κ3) is 5.95. The lowest BCUT2D eigenvalue weighted by Crippen LogP contribution is -2.37. The van der Waals surface area contributed by atoms with E-state index in [1.165, 1.54) is 16.8 Å². The molecule has 2 aromatic carbocycles. The molecule has 0 unspecified atom stereocenters. The Balaban J connectivity index is 1.38. The van der Waals surface area contributed by atoms with Crippen molar-refractivity contribution in [3.8, 4) is 34.2 Å². The average Bonchev–Trinajstić information content (AvgIpc) is 3.33. The lowest BCUT2D eigenvalue weighted by atomic mass is 10.0. The van der Waals surface area contributed by atoms with E-state index in [1.54, 1.807) is 61.7 Å². The standard InChI is InChI=1S/C31H30FN7O2/c1-2-3-17-38-18-5-4-6-25(38)30-37-27(28(29(33)40)39(30)34)21-7-9-22(10-8-21)31(41)36-26-19-23(15-16-35-26)20-11-13-24(32)14-12-20/h7-16,19,25H,4-6,17-18,34H2,1H3,(H2,33,40)(H,35,36,41)/t25-/m0/s1. The van der Waals surface area contributed by atoms with Crippen LogP contribution < -0.4 is 16.9 Å². The Kier molecular flexibility index (Phi) is 8.08. The highest BCUT2D eigenvalue weighted by Crippen LogP contribution is 2.33. The van der Waals surface area contributed by atoms with Gasteiger partial charge in [0.2, 0.25) is 0 Å². The number of halogens is 1. The molecule has 1 saturated heterocycles. The number of benzene rings is 2. The number of aromatic nitrogens is 3. The van der Waals surface area contributed by atoms with Crippen molar-refractivity contribution in [1.82, 2.24) is 19.5 Å². The van der Waals surface area contributed by atoms with Gasteiger partial charge in [0.1, 0.15) is 23.2 Å². The molecule has 0 radical (unpaired) electrons. The molecule has 0 aliphatic carbocycles. The predicted octanol–water partition coefficient (Wildman–Crippen LogP) is 4.37. The number of piperidine rings is 1. The number of pyridine rings is 1. The molecular formula is C31H30FN7O2. The number of nitrogens with one attached hydrogen (secondary N) is 1. The second-order valence-corrected chi connectivity index (χ2v) is 9.78. The minimum absolute atomic E-state index is 0.0929. The number of hydrogen-bond donors (Lipinski definition) is 3. The van der Waals surface area contributed by atoms with E-state index in [9.17, 15) is 14.0 Å². The van der Waals surface area contributed by atoms with Gasteiger partial charge in [-0.1, -0.05) is 36.6 Å². The fourth-order valence-corrected chi connectivity index (χ4v) is 5.06. The average molecular weight is 552 g/mol. The van der Waals surface area contributed by atoms with Crippen molar-refractivity contribution in [3.63, 3.8) is 0 Å². The number of carbonyl (C=O) groups is 2. The van der Waals surface area contributed by atoms with Gasteiger partial charge in [-0.2, -0.15) is 0 Å². The van der Waals surface area contributed by atoms with Crippen LogP contribution in [0.2, 0.25) is 0 Å².